The van der Waals surface area contributed by atoms with E-state index in [1.165, 1.54) is 36.8 Å². The summed E-state index contributed by atoms with van der Waals surface area (Å²) in [5.41, 5.74) is 4.10. The molecule has 1 fully saturated rings. The molecule has 1 aliphatic heterocycles. The van der Waals surface area contributed by atoms with Gasteiger partial charge in [-0.2, -0.15) is 4.98 Å². The van der Waals surface area contributed by atoms with Crippen molar-refractivity contribution in [2.75, 3.05) is 16.8 Å². The fourth-order valence-electron chi connectivity index (χ4n) is 4.53. The van der Waals surface area contributed by atoms with Crippen molar-refractivity contribution in [3.05, 3.63) is 47.2 Å². The standard InChI is InChI=1S/C23H32N4/c1-16(2)20-13-21(26-22(25-20)24-18-10-6-7-11-18)27-14-17-9-5-8-12-19(17)23(3,4)15-27/h5,8-9,12-13,16,18H,6-7,10-11,14-15H2,1-4H3,(H,24,25,26). The molecule has 1 N–H and O–H groups in total. The lowest BCUT2D eigenvalue weighted by atomic mass is 9.78. The van der Waals surface area contributed by atoms with Crippen LogP contribution in [0.2, 0.25) is 0 Å². The van der Waals surface area contributed by atoms with Crippen LogP contribution in [0.4, 0.5) is 11.8 Å². The molecule has 1 saturated carbocycles. The number of anilines is 2. The first-order valence-electron chi connectivity index (χ1n) is 10.4. The van der Waals surface area contributed by atoms with Crippen LogP contribution in [-0.2, 0) is 12.0 Å². The Kier molecular flexibility index (Phi) is 4.83. The number of fused-ring (bicyclic) bond motifs is 1. The molecule has 0 atom stereocenters. The molecule has 1 aromatic carbocycles. The van der Waals surface area contributed by atoms with Gasteiger partial charge in [0.05, 0.1) is 5.69 Å². The quantitative estimate of drug-likeness (QED) is 0.804. The smallest absolute Gasteiger partial charge is 0.225 e. The molecule has 1 aromatic heterocycles. The van der Waals surface area contributed by atoms with Crippen molar-refractivity contribution in [3.63, 3.8) is 0 Å². The zero-order chi connectivity index (χ0) is 19.0. The summed E-state index contributed by atoms with van der Waals surface area (Å²) in [5.74, 6) is 2.25. The second kappa shape index (κ2) is 7.14. The van der Waals surface area contributed by atoms with E-state index < -0.39 is 0 Å². The van der Waals surface area contributed by atoms with Gasteiger partial charge in [-0.25, -0.2) is 4.98 Å². The first-order chi connectivity index (χ1) is 12.9. The molecule has 2 aromatic rings. The number of hydrogen-bond donors (Lipinski definition) is 1. The van der Waals surface area contributed by atoms with Gasteiger partial charge in [0.2, 0.25) is 5.95 Å². The van der Waals surface area contributed by atoms with Crippen molar-refractivity contribution in [2.24, 2.45) is 0 Å². The second-order valence-electron chi connectivity index (χ2n) is 9.15. The topological polar surface area (TPSA) is 41.1 Å². The third kappa shape index (κ3) is 3.80. The number of hydrogen-bond acceptors (Lipinski definition) is 4. The molecule has 2 aliphatic rings. The van der Waals surface area contributed by atoms with E-state index >= 15 is 0 Å². The van der Waals surface area contributed by atoms with E-state index in [0.717, 1.165) is 30.5 Å². The molecule has 27 heavy (non-hydrogen) atoms. The van der Waals surface area contributed by atoms with Crippen LogP contribution < -0.4 is 10.2 Å². The van der Waals surface area contributed by atoms with Crippen LogP contribution in [0.5, 0.6) is 0 Å². The first kappa shape index (κ1) is 18.3. The average molecular weight is 365 g/mol. The van der Waals surface area contributed by atoms with Crippen LogP contribution >= 0.6 is 0 Å². The normalized spacial score (nSPS) is 19.4. The van der Waals surface area contributed by atoms with E-state index in [1.807, 2.05) is 0 Å². The van der Waals surface area contributed by atoms with Crippen LogP contribution in [0, 0.1) is 0 Å². The summed E-state index contributed by atoms with van der Waals surface area (Å²) >= 11 is 0. The lowest BCUT2D eigenvalue weighted by Gasteiger charge is -2.40. The molecule has 0 radical (unpaired) electrons. The van der Waals surface area contributed by atoms with Gasteiger partial charge >= 0.3 is 0 Å². The lowest BCUT2D eigenvalue weighted by molar-refractivity contribution is 0.474. The Labute approximate surface area is 163 Å². The minimum Gasteiger partial charge on any atom is -0.351 e. The summed E-state index contributed by atoms with van der Waals surface area (Å²) in [6, 6.07) is 11.5. The molecular formula is C23H32N4. The molecule has 1 aliphatic carbocycles. The van der Waals surface area contributed by atoms with Crippen molar-refractivity contribution < 1.29 is 0 Å². The summed E-state index contributed by atoms with van der Waals surface area (Å²) in [4.78, 5) is 12.2. The van der Waals surface area contributed by atoms with Gasteiger partial charge < -0.3 is 10.2 Å². The van der Waals surface area contributed by atoms with Gasteiger partial charge in [0, 0.05) is 30.6 Å². The molecule has 0 saturated heterocycles. The van der Waals surface area contributed by atoms with Gasteiger partial charge in [-0.15, -0.1) is 0 Å². The first-order valence-corrected chi connectivity index (χ1v) is 10.4. The van der Waals surface area contributed by atoms with Gasteiger partial charge in [0.1, 0.15) is 5.82 Å². The van der Waals surface area contributed by atoms with Crippen LogP contribution in [0.1, 0.15) is 76.1 Å². The Bertz CT molecular complexity index is 806. The molecule has 0 spiro atoms. The predicted octanol–water partition coefficient (Wildman–Crippen LogP) is 5.25. The van der Waals surface area contributed by atoms with Gasteiger partial charge in [-0.1, -0.05) is 64.8 Å². The van der Waals surface area contributed by atoms with Crippen molar-refractivity contribution in [1.82, 2.24) is 9.97 Å². The molecule has 144 valence electrons. The Morgan fingerprint density at radius 3 is 2.59 bits per heavy atom. The summed E-state index contributed by atoms with van der Waals surface area (Å²) in [7, 11) is 0. The Morgan fingerprint density at radius 2 is 1.85 bits per heavy atom. The van der Waals surface area contributed by atoms with Crippen LogP contribution in [0.25, 0.3) is 0 Å². The summed E-state index contributed by atoms with van der Waals surface area (Å²) < 4.78 is 0. The van der Waals surface area contributed by atoms with E-state index in [0.29, 0.717) is 12.0 Å². The number of nitrogens with one attached hydrogen (secondary N) is 1. The van der Waals surface area contributed by atoms with E-state index in [2.05, 4.69) is 68.2 Å². The number of aromatic nitrogens is 2. The fourth-order valence-corrected chi connectivity index (χ4v) is 4.53. The summed E-state index contributed by atoms with van der Waals surface area (Å²) in [6.07, 6.45) is 5.08. The van der Waals surface area contributed by atoms with E-state index in [-0.39, 0.29) is 5.41 Å². The van der Waals surface area contributed by atoms with Crippen molar-refractivity contribution in [3.8, 4) is 0 Å². The average Bonchev–Trinajstić information content (AvgIpc) is 3.14. The zero-order valence-electron chi connectivity index (χ0n) is 17.1. The highest BCUT2D eigenvalue weighted by Gasteiger charge is 2.32. The Balaban J connectivity index is 1.67. The Morgan fingerprint density at radius 1 is 1.11 bits per heavy atom. The van der Waals surface area contributed by atoms with Crippen molar-refractivity contribution in [1.29, 1.82) is 0 Å². The minimum absolute atomic E-state index is 0.108. The zero-order valence-corrected chi connectivity index (χ0v) is 17.1. The molecule has 0 bridgehead atoms. The minimum atomic E-state index is 0.108. The number of nitrogens with zero attached hydrogens (tertiary/aromatic N) is 3. The predicted molar refractivity (Wildman–Crippen MR) is 113 cm³/mol. The maximum absolute atomic E-state index is 4.95. The SMILES string of the molecule is CC(C)c1cc(N2Cc3ccccc3C(C)(C)C2)nc(NC2CCCC2)n1. The van der Waals surface area contributed by atoms with Crippen molar-refractivity contribution >= 4 is 11.8 Å². The highest BCUT2D eigenvalue weighted by molar-refractivity contribution is 5.51. The summed E-state index contributed by atoms with van der Waals surface area (Å²) in [5, 5.41) is 3.61. The molecule has 2 heterocycles. The molecule has 4 rings (SSSR count). The third-order valence-corrected chi connectivity index (χ3v) is 6.03. The van der Waals surface area contributed by atoms with Crippen LogP contribution in [0.15, 0.2) is 30.3 Å². The Hall–Kier alpha value is -2.10. The largest absolute Gasteiger partial charge is 0.351 e. The third-order valence-electron chi connectivity index (χ3n) is 6.03. The highest BCUT2D eigenvalue weighted by Crippen LogP contribution is 2.36. The van der Waals surface area contributed by atoms with Gasteiger partial charge in [0.15, 0.2) is 0 Å². The molecule has 0 amide bonds. The van der Waals surface area contributed by atoms with Gasteiger partial charge in [-0.3, -0.25) is 0 Å². The molecule has 4 nitrogen and oxygen atoms in total. The lowest BCUT2D eigenvalue weighted by Crippen LogP contribution is -2.42. The molecular weight excluding hydrogens is 332 g/mol. The monoisotopic (exact) mass is 364 g/mol. The van der Waals surface area contributed by atoms with E-state index in [4.69, 9.17) is 9.97 Å². The van der Waals surface area contributed by atoms with Gasteiger partial charge in [-0.05, 0) is 29.9 Å². The van der Waals surface area contributed by atoms with E-state index in [9.17, 15) is 0 Å². The highest BCUT2D eigenvalue weighted by atomic mass is 15.2. The van der Waals surface area contributed by atoms with Crippen molar-refractivity contribution in [2.45, 2.75) is 77.3 Å². The maximum Gasteiger partial charge on any atom is 0.225 e. The fraction of sp³-hybridized carbons (Fsp3) is 0.565. The maximum atomic E-state index is 4.95. The van der Waals surface area contributed by atoms with Crippen LogP contribution in [-0.4, -0.2) is 22.6 Å². The van der Waals surface area contributed by atoms with Crippen LogP contribution in [0.3, 0.4) is 0 Å². The number of rotatable bonds is 4. The van der Waals surface area contributed by atoms with Gasteiger partial charge in [0.25, 0.3) is 0 Å². The second-order valence-corrected chi connectivity index (χ2v) is 9.15. The summed E-state index contributed by atoms with van der Waals surface area (Å²) in [6.45, 7) is 11.0. The van der Waals surface area contributed by atoms with E-state index in [1.54, 1.807) is 0 Å². The molecule has 4 heteroatoms. The number of benzene rings is 1. The molecule has 0 unspecified atom stereocenters.